The first-order valence-corrected chi connectivity index (χ1v) is 17.1. The second-order valence-corrected chi connectivity index (χ2v) is 14.0. The molecule has 0 fully saturated rings. The summed E-state index contributed by atoms with van der Waals surface area (Å²) in [6.07, 6.45) is -0.670. The van der Waals surface area contributed by atoms with E-state index in [1.165, 1.54) is 0 Å². The molecule has 0 radical (unpaired) electrons. The zero-order valence-corrected chi connectivity index (χ0v) is 29.2. The van der Waals surface area contributed by atoms with Crippen molar-refractivity contribution in [3.05, 3.63) is 117 Å². The van der Waals surface area contributed by atoms with E-state index in [-0.39, 0.29) is 105 Å². The molecule has 0 heterocycles. The van der Waals surface area contributed by atoms with Crippen LogP contribution in [0.3, 0.4) is 0 Å². The van der Waals surface area contributed by atoms with Gasteiger partial charge in [0.15, 0.2) is 46.0 Å². The molecule has 6 rings (SSSR count). The predicted octanol–water partition coefficient (Wildman–Crippen LogP) is 6.08. The van der Waals surface area contributed by atoms with Crippen LogP contribution in [-0.4, -0.2) is 71.5 Å². The van der Waals surface area contributed by atoms with Crippen molar-refractivity contribution in [1.82, 2.24) is 0 Å². The third kappa shape index (κ3) is 7.96. The lowest BCUT2D eigenvalue weighted by molar-refractivity contribution is 0.394. The third-order valence-electron chi connectivity index (χ3n) is 8.95. The highest BCUT2D eigenvalue weighted by Gasteiger charge is 2.21. The molecule has 284 valence electrons. The average Bonchev–Trinajstić information content (AvgIpc) is 3.11. The van der Waals surface area contributed by atoms with Gasteiger partial charge in [-0.2, -0.15) is 0 Å². The van der Waals surface area contributed by atoms with Crippen LogP contribution in [0.25, 0.3) is 0 Å². The van der Waals surface area contributed by atoms with Crippen molar-refractivity contribution in [3.63, 3.8) is 0 Å². The monoisotopic (exact) mass is 770 g/mol. The molecule has 0 aliphatic heterocycles. The fourth-order valence-corrected chi connectivity index (χ4v) is 7.15. The number of aromatic hydroxyl groups is 14. The number of rotatable bonds is 10. The first-order chi connectivity index (χ1) is 26.0. The van der Waals surface area contributed by atoms with Gasteiger partial charge in [-0.05, 0) is 70.8 Å². The molecule has 0 spiro atoms. The van der Waals surface area contributed by atoms with Gasteiger partial charge in [0.05, 0.1) is 0 Å². The van der Waals surface area contributed by atoms with E-state index < -0.39 is 46.0 Å². The summed E-state index contributed by atoms with van der Waals surface area (Å²) in [5.41, 5.74) is 1.40. The van der Waals surface area contributed by atoms with Gasteiger partial charge in [-0.3, -0.25) is 0 Å². The molecule has 6 aromatic carbocycles. The Morgan fingerprint density at radius 2 is 0.436 bits per heavy atom. The van der Waals surface area contributed by atoms with Crippen molar-refractivity contribution < 1.29 is 71.5 Å². The predicted molar refractivity (Wildman–Crippen MR) is 197 cm³/mol. The van der Waals surface area contributed by atoms with Crippen molar-refractivity contribution in [2.45, 2.75) is 35.5 Å². The van der Waals surface area contributed by atoms with Crippen LogP contribution in [-0.2, 0) is 25.7 Å². The molecule has 6 aromatic rings. The average molecular weight is 771 g/mol. The van der Waals surface area contributed by atoms with E-state index in [4.69, 9.17) is 0 Å². The van der Waals surface area contributed by atoms with E-state index in [9.17, 15) is 71.5 Å². The summed E-state index contributed by atoms with van der Waals surface area (Å²) in [7, 11) is 0. The summed E-state index contributed by atoms with van der Waals surface area (Å²) in [4.78, 5) is 0.899. The highest BCUT2D eigenvalue weighted by atomic mass is 32.2. The summed E-state index contributed by atoms with van der Waals surface area (Å²) in [6, 6.07) is 14.5. The van der Waals surface area contributed by atoms with Crippen LogP contribution in [0.5, 0.6) is 80.5 Å². The summed E-state index contributed by atoms with van der Waals surface area (Å²) < 4.78 is 0. The first-order valence-electron chi connectivity index (χ1n) is 16.3. The Morgan fingerprint density at radius 1 is 0.236 bits per heavy atom. The van der Waals surface area contributed by atoms with Crippen LogP contribution >= 0.6 is 11.8 Å². The van der Waals surface area contributed by atoms with Crippen LogP contribution in [0.15, 0.2) is 82.6 Å². The highest BCUT2D eigenvalue weighted by molar-refractivity contribution is 7.99. The molecule has 15 heteroatoms. The Morgan fingerprint density at radius 3 is 0.655 bits per heavy atom. The summed E-state index contributed by atoms with van der Waals surface area (Å²) in [6.45, 7) is 0. The van der Waals surface area contributed by atoms with Crippen LogP contribution in [0, 0.1) is 0 Å². The van der Waals surface area contributed by atoms with Gasteiger partial charge in [0, 0.05) is 82.0 Å². The molecule has 14 N–H and O–H groups in total. The van der Waals surface area contributed by atoms with Crippen LogP contribution < -0.4 is 0 Å². The standard InChI is InChI=1S/C40H34O14S/c41-27-13-35(49)31(45)9-17(27)1-21-5-25(6-22(39(21)53)2-18-10-32(46)36(50)14-28(18)42)55-26-7-23(3-19-11-33(47)37(51)15-29(19)43)40(54)24(8-26)4-20-12-34(48)38(52)16-30(20)44/h5-16,41-54H,1-4H2. The van der Waals surface area contributed by atoms with E-state index in [1.807, 2.05) is 0 Å². The smallest absolute Gasteiger partial charge is 0.161 e. The highest BCUT2D eigenvalue weighted by Crippen LogP contribution is 2.44. The van der Waals surface area contributed by atoms with Crippen molar-refractivity contribution >= 4 is 11.8 Å². The van der Waals surface area contributed by atoms with Gasteiger partial charge in [-0.25, -0.2) is 0 Å². The number of benzene rings is 6. The molecule has 0 aliphatic carbocycles. The minimum absolute atomic E-state index is 0.131. The van der Waals surface area contributed by atoms with Crippen LogP contribution in [0.4, 0.5) is 0 Å². The fraction of sp³-hybridized carbons (Fsp3) is 0.100. The lowest BCUT2D eigenvalue weighted by atomic mass is 9.96. The SMILES string of the molecule is Oc1cc(O)c(Cc2cc(Sc3cc(Cc4cc(O)c(O)cc4O)c(O)c(Cc4cc(O)c(O)cc4O)c3)cc(Cc3cc(O)c(O)cc3O)c2O)cc1O. The Labute approximate surface area is 315 Å². The first kappa shape index (κ1) is 37.6. The Balaban J connectivity index is 1.48. The van der Waals surface area contributed by atoms with E-state index >= 15 is 0 Å². The summed E-state index contributed by atoms with van der Waals surface area (Å²) >= 11 is 1.11. The van der Waals surface area contributed by atoms with Gasteiger partial charge in [0.25, 0.3) is 0 Å². The third-order valence-corrected chi connectivity index (χ3v) is 9.89. The fourth-order valence-electron chi connectivity index (χ4n) is 6.07. The Kier molecular flexibility index (Phi) is 10.1. The zero-order valence-electron chi connectivity index (χ0n) is 28.4. The lowest BCUT2D eigenvalue weighted by Crippen LogP contribution is -1.98. The molecule has 0 aliphatic rings. The second kappa shape index (κ2) is 14.7. The van der Waals surface area contributed by atoms with Crippen LogP contribution in [0.1, 0.15) is 44.5 Å². The Hall–Kier alpha value is -7.13. The Bertz CT molecular complexity index is 2150. The summed E-state index contributed by atoms with van der Waals surface area (Å²) in [5, 5.41) is 145. The molecule has 0 saturated heterocycles. The molecular formula is C40H34O14S. The number of hydrogen-bond acceptors (Lipinski definition) is 15. The zero-order chi connectivity index (χ0) is 39.9. The maximum Gasteiger partial charge on any atom is 0.161 e. The molecule has 0 atom stereocenters. The molecule has 0 saturated carbocycles. The molecule has 0 amide bonds. The molecule has 55 heavy (non-hydrogen) atoms. The number of hydrogen-bond donors (Lipinski definition) is 14. The summed E-state index contributed by atoms with van der Waals surface area (Å²) in [5.74, 6) is -6.42. The van der Waals surface area contributed by atoms with Gasteiger partial charge >= 0.3 is 0 Å². The maximum absolute atomic E-state index is 11.5. The largest absolute Gasteiger partial charge is 0.508 e. The molecule has 0 unspecified atom stereocenters. The maximum atomic E-state index is 11.5. The molecule has 0 bridgehead atoms. The van der Waals surface area contributed by atoms with Gasteiger partial charge in [0.2, 0.25) is 0 Å². The van der Waals surface area contributed by atoms with Gasteiger partial charge < -0.3 is 71.5 Å². The van der Waals surface area contributed by atoms with Crippen molar-refractivity contribution in [1.29, 1.82) is 0 Å². The normalized spacial score (nSPS) is 11.2. The van der Waals surface area contributed by atoms with E-state index in [2.05, 4.69) is 0 Å². The van der Waals surface area contributed by atoms with E-state index in [1.54, 1.807) is 24.3 Å². The second-order valence-electron chi connectivity index (χ2n) is 12.9. The topological polar surface area (TPSA) is 283 Å². The molecule has 14 nitrogen and oxygen atoms in total. The minimum Gasteiger partial charge on any atom is -0.508 e. The van der Waals surface area contributed by atoms with Crippen molar-refractivity contribution in [3.8, 4) is 80.5 Å². The van der Waals surface area contributed by atoms with Crippen molar-refractivity contribution in [2.75, 3.05) is 0 Å². The van der Waals surface area contributed by atoms with Crippen LogP contribution in [0.2, 0.25) is 0 Å². The van der Waals surface area contributed by atoms with Gasteiger partial charge in [-0.15, -0.1) is 0 Å². The van der Waals surface area contributed by atoms with E-state index in [0.29, 0.717) is 9.79 Å². The molecular weight excluding hydrogens is 736 g/mol. The van der Waals surface area contributed by atoms with E-state index in [0.717, 1.165) is 60.3 Å². The molecule has 0 aromatic heterocycles. The minimum atomic E-state index is -0.566. The van der Waals surface area contributed by atoms with Gasteiger partial charge in [-0.1, -0.05) is 11.8 Å². The van der Waals surface area contributed by atoms with Gasteiger partial charge in [0.1, 0.15) is 34.5 Å². The number of phenols is 14. The quantitative estimate of drug-likeness (QED) is 0.0555. The lowest BCUT2D eigenvalue weighted by Gasteiger charge is -2.17. The van der Waals surface area contributed by atoms with Crippen molar-refractivity contribution in [2.24, 2.45) is 0 Å². The number of phenolic OH excluding ortho intramolecular Hbond substituents is 14.